The van der Waals surface area contributed by atoms with E-state index in [0.29, 0.717) is 5.56 Å². The van der Waals surface area contributed by atoms with Gasteiger partial charge in [0.05, 0.1) is 22.4 Å². The highest BCUT2D eigenvalue weighted by Crippen LogP contribution is 2.17. The van der Waals surface area contributed by atoms with Crippen molar-refractivity contribution in [2.75, 3.05) is 19.6 Å². The summed E-state index contributed by atoms with van der Waals surface area (Å²) < 4.78 is 26.5. The predicted molar refractivity (Wildman–Crippen MR) is 78.7 cm³/mol. The lowest BCUT2D eigenvalue weighted by Gasteiger charge is -2.16. The van der Waals surface area contributed by atoms with E-state index in [4.69, 9.17) is 10.4 Å². The summed E-state index contributed by atoms with van der Waals surface area (Å²) in [5.74, 6) is -2.06. The second kappa shape index (κ2) is 6.76. The molecule has 8 nitrogen and oxygen atoms in total. The number of carboxylic acids is 1. The number of carbonyl (C=O) groups is 2. The molecule has 1 amide bonds. The molecule has 122 valence electrons. The molecular weight excluding hydrogens is 322 g/mol. The van der Waals surface area contributed by atoms with Gasteiger partial charge < -0.3 is 10.0 Å². The average Bonchev–Trinajstić information content (AvgIpc) is 2.89. The van der Waals surface area contributed by atoms with Crippen LogP contribution in [0.25, 0.3) is 0 Å². The third-order valence-corrected chi connectivity index (χ3v) is 5.01. The smallest absolute Gasteiger partial charge is 0.308 e. The lowest BCUT2D eigenvalue weighted by molar-refractivity contribution is -0.141. The largest absolute Gasteiger partial charge is 0.481 e. The fourth-order valence-electron chi connectivity index (χ4n) is 2.26. The number of aliphatic carboxylic acids is 1. The summed E-state index contributed by atoms with van der Waals surface area (Å²) in [4.78, 5) is 23.8. The maximum atomic E-state index is 12.1. The normalized spacial score (nSPS) is 18.0. The molecule has 1 unspecified atom stereocenters. The topological polar surface area (TPSA) is 128 Å². The number of likely N-dealkylation sites (tertiary alicyclic amines) is 1. The molecule has 1 fully saturated rings. The first-order chi connectivity index (χ1) is 10.8. The first-order valence-electron chi connectivity index (χ1n) is 6.84. The van der Waals surface area contributed by atoms with Crippen molar-refractivity contribution in [2.24, 2.45) is 5.92 Å². The lowest BCUT2D eigenvalue weighted by Crippen LogP contribution is -2.36. The minimum absolute atomic E-state index is 0.0135. The molecular formula is C14H15N3O5S. The number of rotatable bonds is 6. The first kappa shape index (κ1) is 16.9. The monoisotopic (exact) mass is 337 g/mol. The summed E-state index contributed by atoms with van der Waals surface area (Å²) >= 11 is 0. The number of nitrogens with one attached hydrogen (secondary N) is 1. The van der Waals surface area contributed by atoms with Crippen LogP contribution in [-0.2, 0) is 19.6 Å². The SMILES string of the molecule is N#Cc1ccc(S(=O)(=O)NCCN2CC(C(=O)O)CC2=O)cc1. The Morgan fingerprint density at radius 1 is 1.39 bits per heavy atom. The summed E-state index contributed by atoms with van der Waals surface area (Å²) in [5.41, 5.74) is 0.353. The molecule has 0 aromatic heterocycles. The van der Waals surface area contributed by atoms with Crippen LogP contribution in [-0.4, -0.2) is 49.9 Å². The van der Waals surface area contributed by atoms with Gasteiger partial charge in [0.2, 0.25) is 15.9 Å². The summed E-state index contributed by atoms with van der Waals surface area (Å²) in [5, 5.41) is 17.6. The van der Waals surface area contributed by atoms with Crippen molar-refractivity contribution >= 4 is 21.9 Å². The molecule has 2 rings (SSSR count). The maximum absolute atomic E-state index is 12.1. The van der Waals surface area contributed by atoms with Crippen LogP contribution in [0.1, 0.15) is 12.0 Å². The molecule has 0 saturated carbocycles. The van der Waals surface area contributed by atoms with E-state index in [0.717, 1.165) is 0 Å². The number of hydrogen-bond acceptors (Lipinski definition) is 5. The molecule has 1 aliphatic heterocycles. The van der Waals surface area contributed by atoms with Crippen LogP contribution in [0.4, 0.5) is 0 Å². The molecule has 1 atom stereocenters. The number of sulfonamides is 1. The Bertz CT molecular complexity index is 752. The van der Waals surface area contributed by atoms with Crippen molar-refractivity contribution in [3.63, 3.8) is 0 Å². The van der Waals surface area contributed by atoms with Gasteiger partial charge in [0.15, 0.2) is 0 Å². The molecule has 1 saturated heterocycles. The van der Waals surface area contributed by atoms with Crippen LogP contribution in [0, 0.1) is 17.2 Å². The van der Waals surface area contributed by atoms with Gasteiger partial charge in [-0.15, -0.1) is 0 Å². The standard InChI is InChI=1S/C14H15N3O5S/c15-8-10-1-3-12(4-2-10)23(21,22)16-5-6-17-9-11(14(19)20)7-13(17)18/h1-4,11,16H,5-7,9H2,(H,19,20). The van der Waals surface area contributed by atoms with Crippen molar-refractivity contribution in [1.29, 1.82) is 5.26 Å². The Hall–Kier alpha value is -2.44. The fourth-order valence-corrected chi connectivity index (χ4v) is 3.28. The lowest BCUT2D eigenvalue weighted by atomic mass is 10.1. The summed E-state index contributed by atoms with van der Waals surface area (Å²) in [6.45, 7) is 0.186. The van der Waals surface area contributed by atoms with Gasteiger partial charge in [-0.25, -0.2) is 13.1 Å². The molecule has 1 aliphatic rings. The zero-order chi connectivity index (χ0) is 17.0. The molecule has 0 aliphatic carbocycles. The van der Waals surface area contributed by atoms with E-state index in [-0.39, 0.29) is 36.9 Å². The second-order valence-corrected chi connectivity index (χ2v) is 6.88. The van der Waals surface area contributed by atoms with Gasteiger partial charge in [-0.05, 0) is 24.3 Å². The Balaban J connectivity index is 1.91. The van der Waals surface area contributed by atoms with Crippen LogP contribution in [0.5, 0.6) is 0 Å². The minimum atomic E-state index is -3.74. The Morgan fingerprint density at radius 2 is 2.04 bits per heavy atom. The molecule has 0 radical (unpaired) electrons. The van der Waals surface area contributed by atoms with Gasteiger partial charge in [-0.1, -0.05) is 0 Å². The van der Waals surface area contributed by atoms with Gasteiger partial charge in [-0.2, -0.15) is 5.26 Å². The number of amides is 1. The average molecular weight is 337 g/mol. The van der Waals surface area contributed by atoms with Crippen molar-refractivity contribution in [2.45, 2.75) is 11.3 Å². The van der Waals surface area contributed by atoms with Gasteiger partial charge in [0, 0.05) is 26.1 Å². The van der Waals surface area contributed by atoms with Crippen LogP contribution >= 0.6 is 0 Å². The van der Waals surface area contributed by atoms with Crippen molar-refractivity contribution < 1.29 is 23.1 Å². The molecule has 9 heteroatoms. The minimum Gasteiger partial charge on any atom is -0.481 e. The number of hydrogen-bond donors (Lipinski definition) is 2. The quantitative estimate of drug-likeness (QED) is 0.738. The van der Waals surface area contributed by atoms with Crippen LogP contribution < -0.4 is 4.72 Å². The van der Waals surface area contributed by atoms with Gasteiger partial charge >= 0.3 is 5.97 Å². The van der Waals surface area contributed by atoms with E-state index >= 15 is 0 Å². The zero-order valence-corrected chi connectivity index (χ0v) is 12.9. The Morgan fingerprint density at radius 3 is 2.57 bits per heavy atom. The number of nitrogens with zero attached hydrogens (tertiary/aromatic N) is 2. The highest BCUT2D eigenvalue weighted by atomic mass is 32.2. The Kier molecular flexibility index (Phi) is 4.98. The third-order valence-electron chi connectivity index (χ3n) is 3.53. The molecule has 0 spiro atoms. The van der Waals surface area contributed by atoms with E-state index < -0.39 is 21.9 Å². The van der Waals surface area contributed by atoms with Gasteiger partial charge in [-0.3, -0.25) is 9.59 Å². The van der Waals surface area contributed by atoms with Gasteiger partial charge in [0.25, 0.3) is 0 Å². The fraction of sp³-hybridized carbons (Fsp3) is 0.357. The van der Waals surface area contributed by atoms with E-state index in [1.54, 1.807) is 0 Å². The molecule has 23 heavy (non-hydrogen) atoms. The van der Waals surface area contributed by atoms with Crippen LogP contribution in [0.15, 0.2) is 29.2 Å². The number of nitriles is 1. The third kappa shape index (κ3) is 4.06. The van der Waals surface area contributed by atoms with E-state index in [1.165, 1.54) is 29.2 Å². The molecule has 1 aromatic rings. The predicted octanol–water partition coefficient (Wildman–Crippen LogP) is -0.230. The first-order valence-corrected chi connectivity index (χ1v) is 8.32. The van der Waals surface area contributed by atoms with E-state index in [9.17, 15) is 18.0 Å². The van der Waals surface area contributed by atoms with Crippen molar-refractivity contribution in [1.82, 2.24) is 9.62 Å². The molecule has 0 bridgehead atoms. The Labute approximate surface area is 133 Å². The summed E-state index contributed by atoms with van der Waals surface area (Å²) in [6, 6.07) is 7.34. The molecule has 1 heterocycles. The molecule has 1 aromatic carbocycles. The second-order valence-electron chi connectivity index (χ2n) is 5.11. The van der Waals surface area contributed by atoms with Crippen molar-refractivity contribution in [3.05, 3.63) is 29.8 Å². The molecule has 2 N–H and O–H groups in total. The van der Waals surface area contributed by atoms with Crippen molar-refractivity contribution in [3.8, 4) is 6.07 Å². The number of benzene rings is 1. The van der Waals surface area contributed by atoms with Crippen LogP contribution in [0.2, 0.25) is 0 Å². The number of carbonyl (C=O) groups excluding carboxylic acids is 1. The highest BCUT2D eigenvalue weighted by molar-refractivity contribution is 7.89. The summed E-state index contributed by atoms with van der Waals surface area (Å²) in [7, 11) is -3.74. The van der Waals surface area contributed by atoms with Gasteiger partial charge in [0.1, 0.15) is 0 Å². The highest BCUT2D eigenvalue weighted by Gasteiger charge is 2.33. The number of carboxylic acid groups (broad SMARTS) is 1. The van der Waals surface area contributed by atoms with E-state index in [2.05, 4.69) is 4.72 Å². The summed E-state index contributed by atoms with van der Waals surface area (Å²) in [6.07, 6.45) is -0.0578. The zero-order valence-electron chi connectivity index (χ0n) is 12.1. The van der Waals surface area contributed by atoms with E-state index in [1.807, 2.05) is 6.07 Å². The maximum Gasteiger partial charge on any atom is 0.308 e. The van der Waals surface area contributed by atoms with Crippen LogP contribution in [0.3, 0.4) is 0 Å².